The third-order valence-electron chi connectivity index (χ3n) is 3.64. The van der Waals surface area contributed by atoms with Gasteiger partial charge in [0.05, 0.1) is 4.91 Å². The zero-order chi connectivity index (χ0) is 18.6. The Labute approximate surface area is 155 Å². The molecule has 0 unspecified atom stereocenters. The lowest BCUT2D eigenvalue weighted by atomic mass is 10.1. The van der Waals surface area contributed by atoms with Crippen LogP contribution in [0.25, 0.3) is 6.08 Å². The van der Waals surface area contributed by atoms with Gasteiger partial charge in [-0.25, -0.2) is 4.79 Å². The van der Waals surface area contributed by atoms with Gasteiger partial charge in [-0.15, -0.1) is 0 Å². The number of aliphatic carboxylic acids is 1. The first-order valence-corrected chi connectivity index (χ1v) is 8.91. The number of nitrogens with zero attached hydrogens (tertiary/aromatic N) is 1. The quantitative estimate of drug-likeness (QED) is 0.584. The smallest absolute Gasteiger partial charge is 0.326 e. The van der Waals surface area contributed by atoms with E-state index in [-0.39, 0.29) is 5.91 Å². The van der Waals surface area contributed by atoms with Crippen molar-refractivity contribution in [1.29, 1.82) is 0 Å². The van der Waals surface area contributed by atoms with Crippen LogP contribution in [0.3, 0.4) is 0 Å². The van der Waals surface area contributed by atoms with E-state index in [1.807, 2.05) is 6.92 Å². The number of rotatable bonds is 6. The fourth-order valence-corrected chi connectivity index (χ4v) is 3.39. The number of nitrogens with one attached hydrogen (secondary N) is 1. The number of hydrogen-bond donors (Lipinski definition) is 2. The maximum absolute atomic E-state index is 12.2. The summed E-state index contributed by atoms with van der Waals surface area (Å²) in [5.74, 6) is -1.64. The number of benzene rings is 1. The summed E-state index contributed by atoms with van der Waals surface area (Å²) >= 11 is 6.30. The molecule has 0 spiro atoms. The molecule has 2 N–H and O–H groups in total. The zero-order valence-corrected chi connectivity index (χ0v) is 15.4. The van der Waals surface area contributed by atoms with Gasteiger partial charge in [0.2, 0.25) is 0 Å². The Balaban J connectivity index is 2.09. The molecule has 1 aromatic carbocycles. The van der Waals surface area contributed by atoms with Crippen LogP contribution in [0.4, 0.5) is 0 Å². The van der Waals surface area contributed by atoms with Crippen LogP contribution in [-0.4, -0.2) is 45.2 Å². The minimum atomic E-state index is -1.05. The molecule has 1 fully saturated rings. The first-order chi connectivity index (χ1) is 11.8. The van der Waals surface area contributed by atoms with Crippen molar-refractivity contribution in [3.63, 3.8) is 0 Å². The maximum atomic E-state index is 12.2. The van der Waals surface area contributed by atoms with Crippen LogP contribution in [0, 0.1) is 0 Å². The van der Waals surface area contributed by atoms with E-state index in [1.54, 1.807) is 37.4 Å². The van der Waals surface area contributed by atoms with Crippen molar-refractivity contribution in [3.8, 4) is 0 Å². The van der Waals surface area contributed by atoms with Gasteiger partial charge in [0.15, 0.2) is 0 Å². The van der Waals surface area contributed by atoms with Crippen LogP contribution in [0.1, 0.15) is 35.7 Å². The van der Waals surface area contributed by atoms with Crippen LogP contribution in [0.5, 0.6) is 0 Å². The Morgan fingerprint density at radius 2 is 2.00 bits per heavy atom. The molecule has 0 bridgehead atoms. The number of hydrogen-bond acceptors (Lipinski definition) is 5. The molecule has 1 saturated heterocycles. The largest absolute Gasteiger partial charge is 0.480 e. The highest BCUT2D eigenvalue weighted by Gasteiger charge is 2.28. The molecule has 8 heteroatoms. The molecule has 1 aliphatic heterocycles. The lowest BCUT2D eigenvalue weighted by molar-refractivity contribution is -0.139. The Bertz CT molecular complexity index is 744. The normalized spacial score (nSPS) is 17.0. The number of carbonyl (C=O) groups is 3. The number of likely N-dealkylation sites (N-methyl/N-ethyl adjacent to an activating group) is 1. The minimum absolute atomic E-state index is 0.152. The van der Waals surface area contributed by atoms with Gasteiger partial charge in [0.25, 0.3) is 11.8 Å². The average molecular weight is 378 g/mol. The Hall–Kier alpha value is -2.19. The van der Waals surface area contributed by atoms with Crippen molar-refractivity contribution >= 4 is 52.2 Å². The summed E-state index contributed by atoms with van der Waals surface area (Å²) in [5, 5.41) is 11.6. The van der Waals surface area contributed by atoms with Gasteiger partial charge in [-0.05, 0) is 30.2 Å². The molecule has 2 rings (SSSR count). The van der Waals surface area contributed by atoms with Gasteiger partial charge in [0.1, 0.15) is 10.4 Å². The van der Waals surface area contributed by atoms with Crippen LogP contribution in [0.15, 0.2) is 29.2 Å². The third-order valence-corrected chi connectivity index (χ3v) is 5.12. The molecule has 0 radical (unpaired) electrons. The van der Waals surface area contributed by atoms with E-state index < -0.39 is 17.9 Å². The fraction of sp³-hybridized carbons (Fsp3) is 0.294. The highest BCUT2D eigenvalue weighted by Crippen LogP contribution is 2.31. The Kier molecular flexibility index (Phi) is 6.33. The molecule has 132 valence electrons. The van der Waals surface area contributed by atoms with Gasteiger partial charge in [0, 0.05) is 12.6 Å². The van der Waals surface area contributed by atoms with Gasteiger partial charge in [-0.2, -0.15) is 0 Å². The molecular formula is C17H18N2O4S2. The summed E-state index contributed by atoms with van der Waals surface area (Å²) in [4.78, 5) is 37.2. The summed E-state index contributed by atoms with van der Waals surface area (Å²) in [6.07, 6.45) is 2.74. The lowest BCUT2D eigenvalue weighted by Crippen LogP contribution is -2.40. The van der Waals surface area contributed by atoms with Crippen LogP contribution in [-0.2, 0) is 9.59 Å². The number of amides is 2. The first kappa shape index (κ1) is 19.1. The van der Waals surface area contributed by atoms with Crippen LogP contribution in [0.2, 0.25) is 0 Å². The van der Waals surface area contributed by atoms with Gasteiger partial charge >= 0.3 is 5.97 Å². The van der Waals surface area contributed by atoms with E-state index in [0.717, 1.165) is 5.56 Å². The van der Waals surface area contributed by atoms with E-state index in [0.29, 0.717) is 27.6 Å². The number of carboxylic acids is 1. The minimum Gasteiger partial charge on any atom is -0.480 e. The Morgan fingerprint density at radius 1 is 1.36 bits per heavy atom. The molecule has 1 aliphatic rings. The molecule has 0 aromatic heterocycles. The summed E-state index contributed by atoms with van der Waals surface area (Å²) in [7, 11) is 1.63. The molecule has 6 nitrogen and oxygen atoms in total. The van der Waals surface area contributed by atoms with Gasteiger partial charge in [-0.3, -0.25) is 14.5 Å². The standard InChI is InChI=1S/C17H18N2O4S2/c1-3-4-12(16(22)23)18-14(20)11-7-5-10(6-8-11)9-13-15(21)19(2)17(24)25-13/h5-9,12H,3-4H2,1-2H3,(H,18,20)(H,22,23)/b13-9+/t12-/m1/s1. The van der Waals surface area contributed by atoms with E-state index in [1.165, 1.54) is 16.7 Å². The maximum Gasteiger partial charge on any atom is 0.326 e. The first-order valence-electron chi connectivity index (χ1n) is 7.68. The van der Waals surface area contributed by atoms with Crippen molar-refractivity contribution in [2.24, 2.45) is 0 Å². The van der Waals surface area contributed by atoms with Crippen molar-refractivity contribution < 1.29 is 19.5 Å². The van der Waals surface area contributed by atoms with Crippen molar-refractivity contribution in [2.75, 3.05) is 7.05 Å². The van der Waals surface area contributed by atoms with Gasteiger partial charge in [-0.1, -0.05) is 49.5 Å². The highest BCUT2D eigenvalue weighted by molar-refractivity contribution is 8.26. The molecule has 1 heterocycles. The number of carbonyl (C=O) groups excluding carboxylic acids is 2. The molecule has 1 atom stereocenters. The molecule has 0 aliphatic carbocycles. The molecule has 0 saturated carbocycles. The highest BCUT2D eigenvalue weighted by atomic mass is 32.2. The summed E-state index contributed by atoms with van der Waals surface area (Å²) < 4.78 is 0.503. The molecule has 2 amide bonds. The zero-order valence-electron chi connectivity index (χ0n) is 13.8. The predicted octanol–water partition coefficient (Wildman–Crippen LogP) is 2.50. The third kappa shape index (κ3) is 4.67. The summed E-state index contributed by atoms with van der Waals surface area (Å²) in [6.45, 7) is 1.86. The predicted molar refractivity (Wildman–Crippen MR) is 101 cm³/mol. The number of thioether (sulfide) groups is 1. The number of thiocarbonyl (C=S) groups is 1. The monoisotopic (exact) mass is 378 g/mol. The van der Waals surface area contributed by atoms with E-state index in [2.05, 4.69) is 5.32 Å². The van der Waals surface area contributed by atoms with E-state index in [4.69, 9.17) is 17.3 Å². The van der Waals surface area contributed by atoms with Crippen molar-refractivity contribution in [1.82, 2.24) is 10.2 Å². The Morgan fingerprint density at radius 3 is 2.48 bits per heavy atom. The van der Waals surface area contributed by atoms with Crippen LogP contribution < -0.4 is 5.32 Å². The second-order valence-corrected chi connectivity index (χ2v) is 7.19. The van der Waals surface area contributed by atoms with E-state index >= 15 is 0 Å². The molecule has 1 aromatic rings. The van der Waals surface area contributed by atoms with Gasteiger partial charge < -0.3 is 10.4 Å². The lowest BCUT2D eigenvalue weighted by Gasteiger charge is -2.13. The van der Waals surface area contributed by atoms with Crippen LogP contribution >= 0.6 is 24.0 Å². The van der Waals surface area contributed by atoms with Crippen molar-refractivity contribution in [2.45, 2.75) is 25.8 Å². The topological polar surface area (TPSA) is 86.7 Å². The SMILES string of the molecule is CCC[C@@H](NC(=O)c1ccc(/C=C2/SC(=S)N(C)C2=O)cc1)C(=O)O. The molecular weight excluding hydrogens is 360 g/mol. The second-order valence-electron chi connectivity index (χ2n) is 5.52. The molecule has 25 heavy (non-hydrogen) atoms. The summed E-state index contributed by atoms with van der Waals surface area (Å²) in [6, 6.07) is 5.69. The number of carboxylic acid groups (broad SMARTS) is 1. The van der Waals surface area contributed by atoms with Crippen molar-refractivity contribution in [3.05, 3.63) is 40.3 Å². The summed E-state index contributed by atoms with van der Waals surface area (Å²) in [5.41, 5.74) is 1.12. The second kappa shape index (κ2) is 8.26. The van der Waals surface area contributed by atoms with E-state index in [9.17, 15) is 14.4 Å². The average Bonchev–Trinajstić information content (AvgIpc) is 2.82. The fourth-order valence-electron chi connectivity index (χ4n) is 2.22.